The lowest BCUT2D eigenvalue weighted by atomic mass is 9.84. The lowest BCUT2D eigenvalue weighted by Crippen LogP contribution is -2.64. The van der Waals surface area contributed by atoms with E-state index in [4.69, 9.17) is 0 Å². The van der Waals surface area contributed by atoms with Crippen molar-refractivity contribution in [1.82, 2.24) is 19.5 Å². The van der Waals surface area contributed by atoms with Crippen LogP contribution in [0.1, 0.15) is 26.2 Å². The van der Waals surface area contributed by atoms with Crippen molar-refractivity contribution in [3.63, 3.8) is 0 Å². The van der Waals surface area contributed by atoms with E-state index in [2.05, 4.69) is 15.0 Å². The Labute approximate surface area is 192 Å². The maximum Gasteiger partial charge on any atom is 0.253 e. The number of anilines is 2. The Morgan fingerprint density at radius 2 is 1.85 bits per heavy atom. The average Bonchev–Trinajstić information content (AvgIpc) is 3.19. The highest BCUT2D eigenvalue weighted by atomic mass is 19.3. The highest BCUT2D eigenvalue weighted by Crippen LogP contribution is 2.59. The normalized spacial score (nSPS) is 25.5. The second kappa shape index (κ2) is 6.77. The molecule has 2 aliphatic carbocycles. The Morgan fingerprint density at radius 1 is 1.12 bits per heavy atom. The highest BCUT2D eigenvalue weighted by molar-refractivity contribution is 6.09. The molecule has 176 valence electrons. The summed E-state index contributed by atoms with van der Waals surface area (Å²) in [4.78, 5) is 29.7. The minimum atomic E-state index is -2.77. The zero-order valence-corrected chi connectivity index (χ0v) is 18.3. The van der Waals surface area contributed by atoms with Gasteiger partial charge in [-0.05, 0) is 24.5 Å². The van der Waals surface area contributed by atoms with E-state index in [-0.39, 0.29) is 42.0 Å². The summed E-state index contributed by atoms with van der Waals surface area (Å²) in [7, 11) is 1.63. The van der Waals surface area contributed by atoms with Crippen LogP contribution in [0.4, 0.5) is 29.1 Å². The Bertz CT molecular complexity index is 1330. The Balaban J connectivity index is 1.48. The molecule has 0 N–H and O–H groups in total. The van der Waals surface area contributed by atoms with E-state index >= 15 is 0 Å². The molecule has 34 heavy (non-hydrogen) atoms. The molecule has 3 aliphatic rings. The van der Waals surface area contributed by atoms with Crippen LogP contribution in [0.3, 0.4) is 0 Å². The zero-order chi connectivity index (χ0) is 24.0. The molecule has 2 aromatic heterocycles. The van der Waals surface area contributed by atoms with E-state index in [1.54, 1.807) is 11.9 Å². The molecule has 3 aromatic rings. The fraction of sp³-hybridized carbons (Fsp3) is 0.391. The van der Waals surface area contributed by atoms with E-state index in [1.165, 1.54) is 34.1 Å². The molecule has 0 bridgehead atoms. The molecule has 7 nitrogen and oxygen atoms in total. The van der Waals surface area contributed by atoms with Gasteiger partial charge in [0.2, 0.25) is 5.95 Å². The van der Waals surface area contributed by atoms with Crippen LogP contribution >= 0.6 is 0 Å². The summed E-state index contributed by atoms with van der Waals surface area (Å²) in [6.45, 7) is 1.92. The molecule has 2 fully saturated rings. The summed E-state index contributed by atoms with van der Waals surface area (Å²) in [6.07, 6.45) is 4.28. The second-order valence-corrected chi connectivity index (χ2v) is 9.31. The third kappa shape index (κ3) is 2.82. The van der Waals surface area contributed by atoms with Gasteiger partial charge >= 0.3 is 0 Å². The SMILES string of the molecule is C[C@H]1C[C@@]12C(=O)N(C)c1cnc(-n3ccnc3-c3ccc(F)cc3F)nc1N2C1CC(F)(F)C1. The Morgan fingerprint density at radius 3 is 2.50 bits per heavy atom. The minimum absolute atomic E-state index is 0.0136. The summed E-state index contributed by atoms with van der Waals surface area (Å²) in [5, 5.41) is 0. The van der Waals surface area contributed by atoms with Gasteiger partial charge in [-0.3, -0.25) is 9.36 Å². The van der Waals surface area contributed by atoms with E-state index < -0.39 is 29.1 Å². The summed E-state index contributed by atoms with van der Waals surface area (Å²) < 4.78 is 57.0. The summed E-state index contributed by atoms with van der Waals surface area (Å²) >= 11 is 0. The van der Waals surface area contributed by atoms with Crippen molar-refractivity contribution in [2.45, 2.75) is 43.7 Å². The number of hydrogen-bond donors (Lipinski definition) is 0. The van der Waals surface area contributed by atoms with Crippen molar-refractivity contribution in [1.29, 1.82) is 0 Å². The molecule has 0 unspecified atom stereocenters. The predicted molar refractivity (Wildman–Crippen MR) is 115 cm³/mol. The maximum atomic E-state index is 14.5. The van der Waals surface area contributed by atoms with Crippen molar-refractivity contribution < 1.29 is 22.4 Å². The molecule has 1 spiro atoms. The number of carbonyl (C=O) groups excluding carboxylic acids is 1. The molecule has 2 atom stereocenters. The quantitative estimate of drug-likeness (QED) is 0.540. The number of carbonyl (C=O) groups is 1. The van der Waals surface area contributed by atoms with Gasteiger partial charge in [0.25, 0.3) is 11.8 Å². The minimum Gasteiger partial charge on any atom is -0.336 e. The number of amides is 1. The van der Waals surface area contributed by atoms with Crippen molar-refractivity contribution >= 4 is 17.4 Å². The number of fused-ring (bicyclic) bond motifs is 1. The van der Waals surface area contributed by atoms with Gasteiger partial charge in [0.05, 0.1) is 11.8 Å². The number of hydrogen-bond acceptors (Lipinski definition) is 5. The Kier molecular flexibility index (Phi) is 4.19. The number of aromatic nitrogens is 4. The summed E-state index contributed by atoms with van der Waals surface area (Å²) in [5.74, 6) is -3.77. The smallest absolute Gasteiger partial charge is 0.253 e. The molecule has 6 rings (SSSR count). The van der Waals surface area contributed by atoms with Gasteiger partial charge in [0, 0.05) is 44.4 Å². The van der Waals surface area contributed by atoms with Crippen LogP contribution in [0.2, 0.25) is 0 Å². The van der Waals surface area contributed by atoms with Crippen LogP contribution in [0.25, 0.3) is 17.3 Å². The first-order chi connectivity index (χ1) is 16.1. The van der Waals surface area contributed by atoms with Crippen LogP contribution in [-0.2, 0) is 4.79 Å². The first-order valence-electron chi connectivity index (χ1n) is 10.9. The molecule has 11 heteroatoms. The Hall–Kier alpha value is -3.50. The first-order valence-corrected chi connectivity index (χ1v) is 10.9. The lowest BCUT2D eigenvalue weighted by molar-refractivity contribution is -0.123. The number of rotatable bonds is 3. The maximum absolute atomic E-state index is 14.5. The predicted octanol–water partition coefficient (Wildman–Crippen LogP) is 3.97. The number of imidazole rings is 1. The molecule has 0 radical (unpaired) electrons. The molecular weight excluding hydrogens is 452 g/mol. The van der Waals surface area contributed by atoms with Crippen molar-refractivity contribution in [3.05, 3.63) is 48.4 Å². The molecule has 1 aliphatic heterocycles. The third-order valence-electron chi connectivity index (χ3n) is 7.17. The standard InChI is InChI=1S/C23H20F4N6O/c1-12-8-23(12)20(34)31(2)17-11-29-21(30-19(17)33(23)14-9-22(26,27)10-14)32-6-5-28-18(32)15-4-3-13(24)7-16(15)25/h3-7,11-12,14H,8-10H2,1-2H3/t12-,23-/m0/s1. The third-order valence-corrected chi connectivity index (χ3v) is 7.17. The van der Waals surface area contributed by atoms with E-state index in [1.807, 2.05) is 6.92 Å². The highest BCUT2D eigenvalue weighted by Gasteiger charge is 2.69. The summed E-state index contributed by atoms with van der Waals surface area (Å²) in [5.41, 5.74) is -0.429. The van der Waals surface area contributed by atoms with Gasteiger partial charge in [-0.15, -0.1) is 0 Å². The first kappa shape index (κ1) is 21.1. The van der Waals surface area contributed by atoms with Crippen molar-refractivity contribution in [2.24, 2.45) is 5.92 Å². The second-order valence-electron chi connectivity index (χ2n) is 9.31. The van der Waals surface area contributed by atoms with Gasteiger partial charge in [-0.25, -0.2) is 27.5 Å². The number of benzene rings is 1. The van der Waals surface area contributed by atoms with Crippen LogP contribution in [-0.4, -0.2) is 50.0 Å². The largest absolute Gasteiger partial charge is 0.336 e. The molecule has 2 saturated carbocycles. The van der Waals surface area contributed by atoms with Crippen LogP contribution < -0.4 is 9.80 Å². The van der Waals surface area contributed by atoms with Gasteiger partial charge in [-0.1, -0.05) is 6.92 Å². The average molecular weight is 472 g/mol. The van der Waals surface area contributed by atoms with Gasteiger partial charge in [-0.2, -0.15) is 4.98 Å². The van der Waals surface area contributed by atoms with E-state index in [0.717, 1.165) is 12.1 Å². The molecule has 0 saturated heterocycles. The number of alkyl halides is 2. The van der Waals surface area contributed by atoms with Gasteiger partial charge in [0.15, 0.2) is 5.82 Å². The van der Waals surface area contributed by atoms with Crippen molar-refractivity contribution in [2.75, 3.05) is 16.8 Å². The molecule has 1 amide bonds. The number of nitrogens with zero attached hydrogens (tertiary/aromatic N) is 6. The molecule has 1 aromatic carbocycles. The van der Waals surface area contributed by atoms with Crippen molar-refractivity contribution in [3.8, 4) is 17.3 Å². The molecule has 3 heterocycles. The fourth-order valence-corrected chi connectivity index (χ4v) is 5.27. The van der Waals surface area contributed by atoms with E-state index in [9.17, 15) is 22.4 Å². The zero-order valence-electron chi connectivity index (χ0n) is 18.3. The summed E-state index contributed by atoms with van der Waals surface area (Å²) in [6, 6.07) is 2.63. The number of likely N-dealkylation sites (N-methyl/N-ethyl adjacent to an activating group) is 1. The number of halogens is 4. The lowest BCUT2D eigenvalue weighted by Gasteiger charge is -2.50. The van der Waals surface area contributed by atoms with Gasteiger partial charge in [0.1, 0.15) is 28.7 Å². The van der Waals surface area contributed by atoms with Crippen LogP contribution in [0, 0.1) is 17.6 Å². The molecular formula is C23H20F4N6O. The van der Waals surface area contributed by atoms with Crippen LogP contribution in [0.5, 0.6) is 0 Å². The van der Waals surface area contributed by atoms with E-state index in [0.29, 0.717) is 17.9 Å². The topological polar surface area (TPSA) is 67.2 Å². The van der Waals surface area contributed by atoms with Crippen LogP contribution in [0.15, 0.2) is 36.8 Å². The fourth-order valence-electron chi connectivity index (χ4n) is 5.27. The monoisotopic (exact) mass is 472 g/mol. The van der Waals surface area contributed by atoms with Gasteiger partial charge < -0.3 is 9.80 Å².